The lowest BCUT2D eigenvalue weighted by molar-refractivity contribution is -0.384. The van der Waals surface area contributed by atoms with E-state index < -0.39 is 4.92 Å². The summed E-state index contributed by atoms with van der Waals surface area (Å²) in [6.07, 6.45) is 0. The summed E-state index contributed by atoms with van der Waals surface area (Å²) in [6, 6.07) is 4.27. The first-order valence-electron chi connectivity index (χ1n) is 5.12. The molecule has 1 aromatic carbocycles. The van der Waals surface area contributed by atoms with Crippen molar-refractivity contribution in [1.82, 2.24) is 4.90 Å². The Morgan fingerprint density at radius 2 is 2.18 bits per heavy atom. The van der Waals surface area contributed by atoms with Crippen molar-refractivity contribution in [2.75, 3.05) is 19.8 Å². The minimum Gasteiger partial charge on any atom is -0.299 e. The van der Waals surface area contributed by atoms with E-state index in [0.717, 1.165) is 4.90 Å². The number of nitro benzene ring substituents is 1. The Labute approximate surface area is 103 Å². The van der Waals surface area contributed by atoms with Gasteiger partial charge in [0.25, 0.3) is 5.69 Å². The monoisotopic (exact) mass is 252 g/mol. The number of fused-ring (bicyclic) bond motifs is 1. The smallest absolute Gasteiger partial charge is 0.270 e. The van der Waals surface area contributed by atoms with Crippen LogP contribution in [-0.2, 0) is 0 Å². The van der Waals surface area contributed by atoms with E-state index in [1.54, 1.807) is 17.8 Å². The third-order valence-electron chi connectivity index (χ3n) is 2.76. The summed E-state index contributed by atoms with van der Waals surface area (Å²) in [5, 5.41) is 10.7. The van der Waals surface area contributed by atoms with Crippen LogP contribution < -0.4 is 0 Å². The maximum atomic E-state index is 12.2. The Hall–Kier alpha value is -1.40. The number of carbonyl (C=O) groups is 1. The van der Waals surface area contributed by atoms with E-state index >= 15 is 0 Å². The second-order valence-electron chi connectivity index (χ2n) is 4.09. The average Bonchev–Trinajstić information content (AvgIpc) is 2.28. The van der Waals surface area contributed by atoms with Gasteiger partial charge in [-0.1, -0.05) is 0 Å². The summed E-state index contributed by atoms with van der Waals surface area (Å²) in [7, 11) is 3.68. The van der Waals surface area contributed by atoms with Gasteiger partial charge in [-0.3, -0.25) is 19.8 Å². The highest BCUT2D eigenvalue weighted by atomic mass is 32.2. The van der Waals surface area contributed by atoms with Crippen molar-refractivity contribution in [3.05, 3.63) is 33.9 Å². The second-order valence-corrected chi connectivity index (χ2v) is 5.15. The molecule has 0 saturated heterocycles. The van der Waals surface area contributed by atoms with Crippen LogP contribution in [0.3, 0.4) is 0 Å². The molecule has 0 radical (unpaired) electrons. The molecular weight excluding hydrogens is 240 g/mol. The van der Waals surface area contributed by atoms with E-state index in [-0.39, 0.29) is 17.5 Å². The van der Waals surface area contributed by atoms with E-state index in [2.05, 4.69) is 0 Å². The number of nitro groups is 1. The molecule has 0 N–H and O–H groups in total. The molecule has 5 nitrogen and oxygen atoms in total. The fourth-order valence-electron chi connectivity index (χ4n) is 1.76. The van der Waals surface area contributed by atoms with Crippen molar-refractivity contribution in [1.29, 1.82) is 0 Å². The van der Waals surface area contributed by atoms with Crippen molar-refractivity contribution in [2.24, 2.45) is 0 Å². The van der Waals surface area contributed by atoms with Gasteiger partial charge in [0.05, 0.1) is 11.0 Å². The standard InChI is InChI=1S/C11H12N2O3S/c1-12(2)9-6-17-10-4-3-7(13(15)16)5-8(10)11(9)14/h3-5,9H,6H2,1-2H3. The molecule has 0 amide bonds. The van der Waals surface area contributed by atoms with Gasteiger partial charge in [0.2, 0.25) is 0 Å². The number of hydrogen-bond donors (Lipinski definition) is 0. The van der Waals surface area contributed by atoms with E-state index in [0.29, 0.717) is 11.3 Å². The summed E-state index contributed by atoms with van der Waals surface area (Å²) < 4.78 is 0. The molecule has 2 rings (SSSR count). The van der Waals surface area contributed by atoms with Crippen molar-refractivity contribution < 1.29 is 9.72 Å². The van der Waals surface area contributed by atoms with Gasteiger partial charge in [0.1, 0.15) is 0 Å². The van der Waals surface area contributed by atoms with Gasteiger partial charge in [0, 0.05) is 28.3 Å². The SMILES string of the molecule is CN(C)C1CSc2ccc([N+](=O)[O-])cc2C1=O. The number of nitrogens with zero attached hydrogens (tertiary/aromatic N) is 2. The minimum absolute atomic E-state index is 0.0305. The molecule has 1 unspecified atom stereocenters. The van der Waals surface area contributed by atoms with Crippen LogP contribution in [0.15, 0.2) is 23.1 Å². The lowest BCUT2D eigenvalue weighted by Crippen LogP contribution is -2.40. The normalized spacial score (nSPS) is 19.2. The van der Waals surface area contributed by atoms with Crippen LogP contribution >= 0.6 is 11.8 Å². The molecule has 0 aromatic heterocycles. The maximum Gasteiger partial charge on any atom is 0.270 e. The third kappa shape index (κ3) is 2.18. The zero-order valence-electron chi connectivity index (χ0n) is 9.54. The van der Waals surface area contributed by atoms with Crippen molar-refractivity contribution in [3.63, 3.8) is 0 Å². The Bertz CT molecular complexity index is 488. The first kappa shape index (κ1) is 12.1. The lowest BCUT2D eigenvalue weighted by Gasteiger charge is -2.27. The molecule has 1 aromatic rings. The highest BCUT2D eigenvalue weighted by Gasteiger charge is 2.30. The summed E-state index contributed by atoms with van der Waals surface area (Å²) >= 11 is 1.56. The number of likely N-dealkylation sites (N-methyl/N-ethyl adjacent to an activating group) is 1. The molecular formula is C11H12N2O3S. The fraction of sp³-hybridized carbons (Fsp3) is 0.364. The molecule has 90 valence electrons. The number of carbonyl (C=O) groups excluding carboxylic acids is 1. The van der Waals surface area contributed by atoms with Crippen LogP contribution in [0, 0.1) is 10.1 Å². The van der Waals surface area contributed by atoms with E-state index in [1.807, 2.05) is 19.0 Å². The molecule has 1 aliphatic rings. The van der Waals surface area contributed by atoms with Gasteiger partial charge in [-0.05, 0) is 20.2 Å². The quantitative estimate of drug-likeness (QED) is 0.593. The highest BCUT2D eigenvalue weighted by Crippen LogP contribution is 2.33. The van der Waals surface area contributed by atoms with Gasteiger partial charge in [-0.25, -0.2) is 0 Å². The zero-order chi connectivity index (χ0) is 12.6. The molecule has 0 aliphatic carbocycles. The first-order valence-corrected chi connectivity index (χ1v) is 6.11. The molecule has 1 heterocycles. The molecule has 0 bridgehead atoms. The highest BCUT2D eigenvalue weighted by molar-refractivity contribution is 7.99. The van der Waals surface area contributed by atoms with Gasteiger partial charge in [0.15, 0.2) is 5.78 Å². The predicted octanol–water partition coefficient (Wildman–Crippen LogP) is 1.81. The Balaban J connectivity index is 2.43. The lowest BCUT2D eigenvalue weighted by atomic mass is 10.0. The van der Waals surface area contributed by atoms with Crippen LogP contribution in [0.4, 0.5) is 5.69 Å². The van der Waals surface area contributed by atoms with Crippen LogP contribution in [0.1, 0.15) is 10.4 Å². The number of thioether (sulfide) groups is 1. The van der Waals surface area contributed by atoms with E-state index in [1.165, 1.54) is 12.1 Å². The number of non-ortho nitro benzene ring substituents is 1. The van der Waals surface area contributed by atoms with E-state index in [9.17, 15) is 14.9 Å². The largest absolute Gasteiger partial charge is 0.299 e. The number of ketones is 1. The molecule has 0 fully saturated rings. The summed E-state index contributed by atoms with van der Waals surface area (Å²) in [5.74, 6) is 0.656. The van der Waals surface area contributed by atoms with Gasteiger partial charge >= 0.3 is 0 Å². The number of benzene rings is 1. The summed E-state index contributed by atoms with van der Waals surface area (Å²) in [6.45, 7) is 0. The summed E-state index contributed by atoms with van der Waals surface area (Å²) in [4.78, 5) is 25.0. The maximum absolute atomic E-state index is 12.2. The third-order valence-corrected chi connectivity index (χ3v) is 3.91. The Kier molecular flexibility index (Phi) is 3.17. The van der Waals surface area contributed by atoms with E-state index in [4.69, 9.17) is 0 Å². The van der Waals surface area contributed by atoms with Crippen LogP contribution in [0.2, 0.25) is 0 Å². The number of hydrogen-bond acceptors (Lipinski definition) is 5. The zero-order valence-corrected chi connectivity index (χ0v) is 10.4. The van der Waals surface area contributed by atoms with Crippen LogP contribution in [-0.4, -0.2) is 41.5 Å². The number of rotatable bonds is 2. The fourth-order valence-corrected chi connectivity index (χ4v) is 3.02. The average molecular weight is 252 g/mol. The van der Waals surface area contributed by atoms with Gasteiger partial charge in [-0.15, -0.1) is 11.8 Å². The second kappa shape index (κ2) is 4.46. The van der Waals surface area contributed by atoms with Crippen molar-refractivity contribution in [3.8, 4) is 0 Å². The first-order chi connectivity index (χ1) is 8.00. The molecule has 6 heteroatoms. The molecule has 17 heavy (non-hydrogen) atoms. The van der Waals surface area contributed by atoms with Gasteiger partial charge in [-0.2, -0.15) is 0 Å². The van der Waals surface area contributed by atoms with Crippen LogP contribution in [0.5, 0.6) is 0 Å². The van der Waals surface area contributed by atoms with Crippen molar-refractivity contribution in [2.45, 2.75) is 10.9 Å². The van der Waals surface area contributed by atoms with Crippen LogP contribution in [0.25, 0.3) is 0 Å². The van der Waals surface area contributed by atoms with Crippen molar-refractivity contribution >= 4 is 23.2 Å². The van der Waals surface area contributed by atoms with Gasteiger partial charge < -0.3 is 0 Å². The molecule has 0 saturated carbocycles. The Morgan fingerprint density at radius 3 is 2.76 bits per heavy atom. The topological polar surface area (TPSA) is 63.4 Å². The number of Topliss-reactive ketones (excluding diaryl/α,β-unsaturated/α-hetero) is 1. The summed E-state index contributed by atoms with van der Waals surface area (Å²) in [5.41, 5.74) is 0.436. The predicted molar refractivity (Wildman–Crippen MR) is 65.6 cm³/mol. The minimum atomic E-state index is -0.475. The molecule has 0 spiro atoms. The molecule has 1 aliphatic heterocycles. The Morgan fingerprint density at radius 1 is 1.47 bits per heavy atom. The molecule has 1 atom stereocenters.